The summed E-state index contributed by atoms with van der Waals surface area (Å²) in [5.41, 5.74) is 5.15. The maximum absolute atomic E-state index is 4.67. The van der Waals surface area contributed by atoms with Gasteiger partial charge in [0.05, 0.1) is 11.9 Å². The minimum atomic E-state index is 0.879. The minimum Gasteiger partial charge on any atom is -0.332 e. The molecule has 0 saturated heterocycles. The number of hydrogen-bond donors (Lipinski definition) is 1. The minimum absolute atomic E-state index is 0.879. The molecule has 1 N–H and O–H groups in total. The lowest BCUT2D eigenvalue weighted by Gasteiger charge is -2.02. The molecule has 0 saturated carbocycles. The third-order valence-electron chi connectivity index (χ3n) is 3.49. The van der Waals surface area contributed by atoms with Crippen molar-refractivity contribution < 1.29 is 0 Å². The summed E-state index contributed by atoms with van der Waals surface area (Å²) < 4.78 is 2.05. The Morgan fingerprint density at radius 3 is 2.82 bits per heavy atom. The molecular weight excluding hydrogens is 292 g/mol. The fourth-order valence-electron chi connectivity index (χ4n) is 2.33. The molecule has 3 heterocycles. The van der Waals surface area contributed by atoms with Crippen molar-refractivity contribution in [2.24, 2.45) is 0 Å². The third-order valence-corrected chi connectivity index (χ3v) is 4.24. The van der Waals surface area contributed by atoms with E-state index in [1.807, 2.05) is 40.4 Å². The highest BCUT2D eigenvalue weighted by Crippen LogP contribution is 2.27. The zero-order valence-corrected chi connectivity index (χ0v) is 12.8. The van der Waals surface area contributed by atoms with Crippen molar-refractivity contribution in [2.45, 2.75) is 6.92 Å². The second-order valence-corrected chi connectivity index (χ2v) is 5.96. The van der Waals surface area contributed by atoms with E-state index in [9.17, 15) is 0 Å². The summed E-state index contributed by atoms with van der Waals surface area (Å²) in [5.74, 6) is 0. The quantitative estimate of drug-likeness (QED) is 0.605. The first kappa shape index (κ1) is 13.0. The van der Waals surface area contributed by atoms with Crippen LogP contribution in [0, 0.1) is 6.92 Å². The lowest BCUT2D eigenvalue weighted by atomic mass is 10.2. The van der Waals surface area contributed by atoms with Crippen LogP contribution in [0.1, 0.15) is 5.56 Å². The summed E-state index contributed by atoms with van der Waals surface area (Å²) in [6.45, 7) is 2.08. The Morgan fingerprint density at radius 2 is 1.95 bits per heavy atom. The molecular formula is C17H14N4S. The predicted molar refractivity (Wildman–Crippen MR) is 90.8 cm³/mol. The largest absolute Gasteiger partial charge is 0.332 e. The normalized spacial score (nSPS) is 11.0. The van der Waals surface area contributed by atoms with Gasteiger partial charge in [0.25, 0.3) is 0 Å². The van der Waals surface area contributed by atoms with E-state index in [0.717, 1.165) is 27.9 Å². The molecule has 1 aromatic carbocycles. The number of fused-ring (bicyclic) bond motifs is 1. The van der Waals surface area contributed by atoms with Crippen LogP contribution in [0.25, 0.3) is 17.0 Å². The topological polar surface area (TPSA) is 42.2 Å². The van der Waals surface area contributed by atoms with Crippen LogP contribution in [0.5, 0.6) is 0 Å². The molecule has 0 amide bonds. The number of hydrogen-bond acceptors (Lipinski definition) is 4. The number of imidazole rings is 1. The monoisotopic (exact) mass is 306 g/mol. The van der Waals surface area contributed by atoms with E-state index in [1.54, 1.807) is 11.3 Å². The van der Waals surface area contributed by atoms with E-state index in [-0.39, 0.29) is 0 Å². The van der Waals surface area contributed by atoms with Crippen LogP contribution in [-0.4, -0.2) is 14.4 Å². The first-order valence-corrected chi connectivity index (χ1v) is 7.89. The SMILES string of the molecule is Cc1ccc(Nc2nc(-c3cnc4ccccn34)cs2)cc1. The number of pyridine rings is 1. The van der Waals surface area contributed by atoms with Gasteiger partial charge < -0.3 is 5.32 Å². The summed E-state index contributed by atoms with van der Waals surface area (Å²) in [6.07, 6.45) is 3.87. The van der Waals surface area contributed by atoms with Crippen molar-refractivity contribution in [3.63, 3.8) is 0 Å². The number of nitrogens with zero attached hydrogens (tertiary/aromatic N) is 3. The number of anilines is 2. The highest BCUT2D eigenvalue weighted by atomic mass is 32.1. The molecule has 0 radical (unpaired) electrons. The van der Waals surface area contributed by atoms with E-state index >= 15 is 0 Å². The maximum Gasteiger partial charge on any atom is 0.187 e. The molecule has 108 valence electrons. The summed E-state index contributed by atoms with van der Waals surface area (Å²) >= 11 is 1.59. The predicted octanol–water partition coefficient (Wildman–Crippen LogP) is 4.51. The van der Waals surface area contributed by atoms with Gasteiger partial charge in [-0.3, -0.25) is 4.40 Å². The Balaban J connectivity index is 1.65. The molecule has 0 aliphatic carbocycles. The Kier molecular flexibility index (Phi) is 3.12. The van der Waals surface area contributed by atoms with Crippen LogP contribution in [0.15, 0.2) is 60.2 Å². The molecule has 0 aliphatic rings. The average Bonchev–Trinajstić information content (AvgIpc) is 3.16. The second kappa shape index (κ2) is 5.27. The van der Waals surface area contributed by atoms with E-state index < -0.39 is 0 Å². The number of rotatable bonds is 3. The van der Waals surface area contributed by atoms with E-state index in [4.69, 9.17) is 0 Å². The molecule has 4 aromatic rings. The van der Waals surface area contributed by atoms with E-state index in [0.29, 0.717) is 0 Å². The molecule has 0 fully saturated rings. The number of aryl methyl sites for hydroxylation is 1. The van der Waals surface area contributed by atoms with Crippen molar-refractivity contribution in [2.75, 3.05) is 5.32 Å². The van der Waals surface area contributed by atoms with Crippen LogP contribution in [0.2, 0.25) is 0 Å². The summed E-state index contributed by atoms with van der Waals surface area (Å²) in [5, 5.41) is 6.27. The number of nitrogens with one attached hydrogen (secondary N) is 1. The Hall–Kier alpha value is -2.66. The average molecular weight is 306 g/mol. The Bertz CT molecular complexity index is 921. The smallest absolute Gasteiger partial charge is 0.187 e. The molecule has 0 unspecified atom stereocenters. The number of benzene rings is 1. The van der Waals surface area contributed by atoms with E-state index in [1.165, 1.54) is 5.56 Å². The molecule has 0 aliphatic heterocycles. The summed E-state index contributed by atoms with van der Waals surface area (Å²) in [4.78, 5) is 9.07. The molecule has 5 heteroatoms. The van der Waals surface area contributed by atoms with Crippen LogP contribution in [0.3, 0.4) is 0 Å². The van der Waals surface area contributed by atoms with Crippen molar-refractivity contribution >= 4 is 27.8 Å². The van der Waals surface area contributed by atoms with Crippen molar-refractivity contribution in [3.8, 4) is 11.4 Å². The third kappa shape index (κ3) is 2.35. The van der Waals surface area contributed by atoms with Crippen molar-refractivity contribution in [3.05, 3.63) is 65.8 Å². The van der Waals surface area contributed by atoms with Gasteiger partial charge in [-0.1, -0.05) is 23.8 Å². The fourth-order valence-corrected chi connectivity index (χ4v) is 3.06. The van der Waals surface area contributed by atoms with Gasteiger partial charge in [-0.2, -0.15) is 0 Å². The van der Waals surface area contributed by atoms with Gasteiger partial charge in [0.2, 0.25) is 0 Å². The van der Waals surface area contributed by atoms with Crippen molar-refractivity contribution in [1.82, 2.24) is 14.4 Å². The van der Waals surface area contributed by atoms with Crippen LogP contribution in [0.4, 0.5) is 10.8 Å². The molecule has 4 rings (SSSR count). The van der Waals surface area contributed by atoms with Gasteiger partial charge in [0, 0.05) is 17.3 Å². The molecule has 22 heavy (non-hydrogen) atoms. The van der Waals surface area contributed by atoms with Gasteiger partial charge >= 0.3 is 0 Å². The lowest BCUT2D eigenvalue weighted by Crippen LogP contribution is -1.90. The van der Waals surface area contributed by atoms with Crippen LogP contribution in [-0.2, 0) is 0 Å². The zero-order valence-electron chi connectivity index (χ0n) is 12.0. The Morgan fingerprint density at radius 1 is 1.09 bits per heavy atom. The maximum atomic E-state index is 4.67. The highest BCUT2D eigenvalue weighted by Gasteiger charge is 2.09. The van der Waals surface area contributed by atoms with Gasteiger partial charge in [0.15, 0.2) is 5.13 Å². The summed E-state index contributed by atoms with van der Waals surface area (Å²) in [6, 6.07) is 14.3. The number of thiazole rings is 1. The molecule has 0 atom stereocenters. The molecule has 0 bridgehead atoms. The van der Waals surface area contributed by atoms with Crippen molar-refractivity contribution in [1.29, 1.82) is 0 Å². The van der Waals surface area contributed by atoms with Crippen LogP contribution >= 0.6 is 11.3 Å². The van der Waals surface area contributed by atoms with Gasteiger partial charge in [-0.15, -0.1) is 11.3 Å². The lowest BCUT2D eigenvalue weighted by molar-refractivity contribution is 1.18. The molecule has 4 nitrogen and oxygen atoms in total. The van der Waals surface area contributed by atoms with Gasteiger partial charge in [0.1, 0.15) is 11.3 Å². The van der Waals surface area contributed by atoms with Crippen LogP contribution < -0.4 is 5.32 Å². The zero-order chi connectivity index (χ0) is 14.9. The first-order chi connectivity index (χ1) is 10.8. The summed E-state index contributed by atoms with van der Waals surface area (Å²) in [7, 11) is 0. The van der Waals surface area contributed by atoms with E-state index in [2.05, 4.69) is 46.5 Å². The second-order valence-electron chi connectivity index (χ2n) is 5.10. The molecule has 0 spiro atoms. The standard InChI is InChI=1S/C17H14N4S/c1-12-5-7-13(8-6-12)19-17-20-14(11-22-17)15-10-18-16-4-2-3-9-21(15)16/h2-11H,1H3,(H,19,20). The van der Waals surface area contributed by atoms with Gasteiger partial charge in [-0.25, -0.2) is 9.97 Å². The Labute approximate surface area is 132 Å². The van der Waals surface area contributed by atoms with Gasteiger partial charge in [-0.05, 0) is 31.2 Å². The first-order valence-electron chi connectivity index (χ1n) is 7.01. The fraction of sp³-hybridized carbons (Fsp3) is 0.0588. The number of aromatic nitrogens is 3. The highest BCUT2D eigenvalue weighted by molar-refractivity contribution is 7.14. The molecule has 3 aromatic heterocycles.